The normalized spacial score (nSPS) is 17.7. The maximum absolute atomic E-state index is 11.4. The van der Waals surface area contributed by atoms with Crippen molar-refractivity contribution in [1.82, 2.24) is 0 Å². The topological polar surface area (TPSA) is 20.3 Å². The molecule has 0 aliphatic carbocycles. The van der Waals surface area contributed by atoms with Crippen molar-refractivity contribution in [2.75, 3.05) is 4.90 Å². The highest BCUT2D eigenvalue weighted by Crippen LogP contribution is 2.38. The fourth-order valence-electron chi connectivity index (χ4n) is 3.04. The summed E-state index contributed by atoms with van der Waals surface area (Å²) < 4.78 is 0. The number of hydrogen-bond donors (Lipinski definition) is 0. The van der Waals surface area contributed by atoms with E-state index in [-0.39, 0.29) is 0 Å². The fraction of sp³-hybridized carbons (Fsp3) is 0.278. The Morgan fingerprint density at radius 1 is 1.15 bits per heavy atom. The molecule has 3 rings (SSSR count). The highest BCUT2D eigenvalue weighted by Gasteiger charge is 2.25. The number of carbonyl (C=O) groups is 1. The lowest BCUT2D eigenvalue weighted by Gasteiger charge is -2.37. The van der Waals surface area contributed by atoms with Crippen LogP contribution in [-0.2, 0) is 6.42 Å². The lowest BCUT2D eigenvalue weighted by Crippen LogP contribution is -2.33. The molecule has 0 amide bonds. The summed E-state index contributed by atoms with van der Waals surface area (Å²) in [7, 11) is 0. The first kappa shape index (κ1) is 12.9. The SMILES string of the molecule is Cc1ccc(N2c3ccccc3CCC2C)c(C=O)c1. The van der Waals surface area contributed by atoms with E-state index in [1.807, 2.05) is 13.0 Å². The van der Waals surface area contributed by atoms with Crippen molar-refractivity contribution >= 4 is 17.7 Å². The van der Waals surface area contributed by atoms with Gasteiger partial charge in [0, 0.05) is 17.3 Å². The van der Waals surface area contributed by atoms with E-state index in [1.165, 1.54) is 11.3 Å². The molecule has 1 atom stereocenters. The molecule has 1 heterocycles. The number of para-hydroxylation sites is 1. The number of rotatable bonds is 2. The Morgan fingerprint density at radius 3 is 2.75 bits per heavy atom. The summed E-state index contributed by atoms with van der Waals surface area (Å²) in [5.41, 5.74) is 5.51. The van der Waals surface area contributed by atoms with Crippen molar-refractivity contribution < 1.29 is 4.79 Å². The zero-order valence-corrected chi connectivity index (χ0v) is 12.0. The summed E-state index contributed by atoms with van der Waals surface area (Å²) in [4.78, 5) is 13.7. The van der Waals surface area contributed by atoms with Crippen LogP contribution in [0, 0.1) is 6.92 Å². The molecule has 1 aliphatic heterocycles. The van der Waals surface area contributed by atoms with Crippen molar-refractivity contribution in [2.24, 2.45) is 0 Å². The van der Waals surface area contributed by atoms with E-state index >= 15 is 0 Å². The van der Waals surface area contributed by atoms with Gasteiger partial charge < -0.3 is 4.90 Å². The summed E-state index contributed by atoms with van der Waals surface area (Å²) in [5, 5.41) is 0. The van der Waals surface area contributed by atoms with Crippen LogP contribution in [0.2, 0.25) is 0 Å². The largest absolute Gasteiger partial charge is 0.338 e. The Hall–Kier alpha value is -2.09. The molecular formula is C18H19NO. The Morgan fingerprint density at radius 2 is 1.95 bits per heavy atom. The Labute approximate surface area is 120 Å². The van der Waals surface area contributed by atoms with Gasteiger partial charge in [0.05, 0.1) is 5.69 Å². The zero-order valence-electron chi connectivity index (χ0n) is 12.0. The minimum atomic E-state index is 0.409. The summed E-state index contributed by atoms with van der Waals surface area (Å²) in [6.07, 6.45) is 3.19. The number of hydrogen-bond acceptors (Lipinski definition) is 2. The first-order chi connectivity index (χ1) is 9.70. The fourth-order valence-corrected chi connectivity index (χ4v) is 3.04. The molecule has 0 N–H and O–H groups in total. The first-order valence-electron chi connectivity index (χ1n) is 7.13. The van der Waals surface area contributed by atoms with Gasteiger partial charge in [-0.15, -0.1) is 0 Å². The lowest BCUT2D eigenvalue weighted by molar-refractivity contribution is 0.112. The Kier molecular flexibility index (Phi) is 3.31. The first-order valence-corrected chi connectivity index (χ1v) is 7.13. The van der Waals surface area contributed by atoms with Gasteiger partial charge in [0.2, 0.25) is 0 Å². The molecule has 20 heavy (non-hydrogen) atoms. The third-order valence-corrected chi connectivity index (χ3v) is 4.09. The molecule has 1 unspecified atom stereocenters. The lowest BCUT2D eigenvalue weighted by atomic mass is 9.95. The molecule has 1 aliphatic rings. The van der Waals surface area contributed by atoms with E-state index < -0.39 is 0 Å². The second-order valence-corrected chi connectivity index (χ2v) is 5.57. The van der Waals surface area contributed by atoms with Gasteiger partial charge in [0.15, 0.2) is 6.29 Å². The van der Waals surface area contributed by atoms with Crippen LogP contribution in [0.1, 0.15) is 34.8 Å². The number of aldehydes is 1. The monoisotopic (exact) mass is 265 g/mol. The Bertz CT molecular complexity index is 648. The van der Waals surface area contributed by atoms with E-state index in [9.17, 15) is 4.79 Å². The van der Waals surface area contributed by atoms with Gasteiger partial charge in [0.25, 0.3) is 0 Å². The van der Waals surface area contributed by atoms with Gasteiger partial charge in [-0.05, 0) is 50.5 Å². The number of benzene rings is 2. The smallest absolute Gasteiger partial charge is 0.152 e. The van der Waals surface area contributed by atoms with Gasteiger partial charge in [0.1, 0.15) is 0 Å². The van der Waals surface area contributed by atoms with Crippen LogP contribution >= 0.6 is 0 Å². The third kappa shape index (κ3) is 2.11. The van der Waals surface area contributed by atoms with Crippen LogP contribution in [0.25, 0.3) is 0 Å². The second kappa shape index (κ2) is 5.12. The number of fused-ring (bicyclic) bond motifs is 1. The van der Waals surface area contributed by atoms with Crippen LogP contribution < -0.4 is 4.90 Å². The quantitative estimate of drug-likeness (QED) is 0.755. The molecule has 0 saturated heterocycles. The molecule has 0 saturated carbocycles. The van der Waals surface area contributed by atoms with E-state index in [2.05, 4.69) is 48.2 Å². The summed E-state index contributed by atoms with van der Waals surface area (Å²) in [5.74, 6) is 0. The molecule has 0 fully saturated rings. The van der Waals surface area contributed by atoms with Crippen LogP contribution in [0.3, 0.4) is 0 Å². The molecule has 2 aromatic rings. The average Bonchev–Trinajstić information content (AvgIpc) is 2.48. The molecule has 2 heteroatoms. The van der Waals surface area contributed by atoms with Gasteiger partial charge in [-0.1, -0.05) is 29.8 Å². The van der Waals surface area contributed by atoms with Gasteiger partial charge in [-0.25, -0.2) is 0 Å². The van der Waals surface area contributed by atoms with Crippen LogP contribution in [0.15, 0.2) is 42.5 Å². The summed E-state index contributed by atoms with van der Waals surface area (Å²) >= 11 is 0. The maximum atomic E-state index is 11.4. The third-order valence-electron chi connectivity index (χ3n) is 4.09. The van der Waals surface area contributed by atoms with Crippen molar-refractivity contribution in [3.8, 4) is 0 Å². The van der Waals surface area contributed by atoms with Crippen molar-refractivity contribution in [2.45, 2.75) is 32.7 Å². The van der Waals surface area contributed by atoms with Crippen molar-refractivity contribution in [3.05, 3.63) is 59.2 Å². The standard InChI is InChI=1S/C18H19NO/c1-13-7-10-18(16(11-13)12-20)19-14(2)8-9-15-5-3-4-6-17(15)19/h3-7,10-12,14H,8-9H2,1-2H3. The van der Waals surface area contributed by atoms with E-state index in [0.717, 1.165) is 35.9 Å². The maximum Gasteiger partial charge on any atom is 0.152 e. The van der Waals surface area contributed by atoms with Gasteiger partial charge in [-0.2, -0.15) is 0 Å². The highest BCUT2D eigenvalue weighted by atomic mass is 16.1. The number of carbonyl (C=O) groups excluding carboxylic acids is 1. The van der Waals surface area contributed by atoms with E-state index in [4.69, 9.17) is 0 Å². The zero-order chi connectivity index (χ0) is 14.1. The minimum absolute atomic E-state index is 0.409. The average molecular weight is 265 g/mol. The molecular weight excluding hydrogens is 246 g/mol. The summed E-state index contributed by atoms with van der Waals surface area (Å²) in [6.45, 7) is 4.24. The molecule has 102 valence electrons. The van der Waals surface area contributed by atoms with Gasteiger partial charge >= 0.3 is 0 Å². The predicted octanol–water partition coefficient (Wildman–Crippen LogP) is 4.28. The molecule has 0 bridgehead atoms. The number of anilines is 2. The summed E-state index contributed by atoms with van der Waals surface area (Å²) in [6, 6.07) is 15.0. The predicted molar refractivity (Wildman–Crippen MR) is 82.9 cm³/mol. The van der Waals surface area contributed by atoms with Crippen molar-refractivity contribution in [1.29, 1.82) is 0 Å². The molecule has 0 radical (unpaired) electrons. The number of nitrogens with zero attached hydrogens (tertiary/aromatic N) is 1. The molecule has 0 spiro atoms. The molecule has 0 aromatic heterocycles. The van der Waals surface area contributed by atoms with Crippen LogP contribution in [0.4, 0.5) is 11.4 Å². The second-order valence-electron chi connectivity index (χ2n) is 5.57. The molecule has 2 nitrogen and oxygen atoms in total. The van der Waals surface area contributed by atoms with Crippen molar-refractivity contribution in [3.63, 3.8) is 0 Å². The minimum Gasteiger partial charge on any atom is -0.338 e. The van der Waals surface area contributed by atoms with Crippen LogP contribution in [-0.4, -0.2) is 12.3 Å². The van der Waals surface area contributed by atoms with E-state index in [0.29, 0.717) is 6.04 Å². The van der Waals surface area contributed by atoms with Crippen LogP contribution in [0.5, 0.6) is 0 Å². The Balaban J connectivity index is 2.16. The number of aryl methyl sites for hydroxylation is 2. The molecule has 2 aromatic carbocycles. The van der Waals surface area contributed by atoms with E-state index in [1.54, 1.807) is 0 Å². The highest BCUT2D eigenvalue weighted by molar-refractivity contribution is 5.88. The van der Waals surface area contributed by atoms with Gasteiger partial charge in [-0.3, -0.25) is 4.79 Å².